The fourth-order valence-corrected chi connectivity index (χ4v) is 2.95. The molecule has 0 aliphatic heterocycles. The number of halogens is 1. The van der Waals surface area contributed by atoms with Crippen LogP contribution in [0.15, 0.2) is 27.6 Å². The lowest BCUT2D eigenvalue weighted by atomic mass is 10.2. The second-order valence-corrected chi connectivity index (χ2v) is 5.96. The number of thioether (sulfide) groups is 1. The lowest BCUT2D eigenvalue weighted by Crippen LogP contribution is -2.14. The molecule has 106 valence electrons. The predicted octanol–water partition coefficient (Wildman–Crippen LogP) is 3.60. The Bertz CT molecular complexity index is 412. The van der Waals surface area contributed by atoms with Gasteiger partial charge in [-0.25, -0.2) is 0 Å². The number of hydrogen-bond acceptors (Lipinski definition) is 4. The smallest absolute Gasteiger partial charge is 0.316 e. The van der Waals surface area contributed by atoms with Crippen LogP contribution in [0.2, 0.25) is 0 Å². The Kier molecular flexibility index (Phi) is 8.18. The van der Waals surface area contributed by atoms with E-state index in [2.05, 4.69) is 34.2 Å². The zero-order valence-corrected chi connectivity index (χ0v) is 13.8. The summed E-state index contributed by atoms with van der Waals surface area (Å²) < 4.78 is 5.97. The quantitative estimate of drug-likeness (QED) is 0.443. The van der Waals surface area contributed by atoms with Gasteiger partial charge in [-0.05, 0) is 37.6 Å². The molecule has 0 radical (unpaired) electrons. The summed E-state index contributed by atoms with van der Waals surface area (Å²) in [6, 6.07) is 6.16. The van der Waals surface area contributed by atoms with Gasteiger partial charge in [0.1, 0.15) is 0 Å². The summed E-state index contributed by atoms with van der Waals surface area (Å²) in [4.78, 5) is 12.5. The van der Waals surface area contributed by atoms with Crippen LogP contribution in [0.25, 0.3) is 0 Å². The number of ether oxygens (including phenoxy) is 1. The predicted molar refractivity (Wildman–Crippen MR) is 83.5 cm³/mol. The fraction of sp³-hybridized carbons (Fsp3) is 0.500. The molecule has 0 amide bonds. The maximum Gasteiger partial charge on any atom is 0.316 e. The number of nitrogens with one attached hydrogen (secondary N) is 1. The van der Waals surface area contributed by atoms with Crippen molar-refractivity contribution in [1.82, 2.24) is 5.32 Å². The van der Waals surface area contributed by atoms with Crippen LogP contribution in [0.4, 0.5) is 0 Å². The van der Waals surface area contributed by atoms with Gasteiger partial charge in [0.15, 0.2) is 0 Å². The number of rotatable bonds is 8. The molecular weight excluding hydrogens is 326 g/mol. The van der Waals surface area contributed by atoms with Gasteiger partial charge in [-0.1, -0.05) is 28.9 Å². The fourth-order valence-electron chi connectivity index (χ4n) is 1.55. The lowest BCUT2D eigenvalue weighted by molar-refractivity contribution is -0.139. The second kappa shape index (κ2) is 9.39. The van der Waals surface area contributed by atoms with Gasteiger partial charge in [0, 0.05) is 15.9 Å². The van der Waals surface area contributed by atoms with Crippen molar-refractivity contribution in [3.05, 3.63) is 28.2 Å². The molecule has 0 aliphatic carbocycles. The molecule has 0 saturated carbocycles. The maximum atomic E-state index is 11.4. The monoisotopic (exact) mass is 345 g/mol. The van der Waals surface area contributed by atoms with Gasteiger partial charge in [0.25, 0.3) is 0 Å². The van der Waals surface area contributed by atoms with E-state index in [-0.39, 0.29) is 5.97 Å². The first kappa shape index (κ1) is 16.5. The van der Waals surface area contributed by atoms with E-state index in [0.717, 1.165) is 28.9 Å². The Morgan fingerprint density at radius 2 is 2.21 bits per heavy atom. The van der Waals surface area contributed by atoms with E-state index in [0.29, 0.717) is 12.4 Å². The van der Waals surface area contributed by atoms with Crippen molar-refractivity contribution in [2.24, 2.45) is 0 Å². The number of carbonyl (C=O) groups excluding carboxylic acids is 1. The lowest BCUT2D eigenvalue weighted by Gasteiger charge is -2.10. The summed E-state index contributed by atoms with van der Waals surface area (Å²) >= 11 is 4.99. The SMILES string of the molecule is CCCNCc1ccc(Br)cc1SCC(=O)OCC. The second-order valence-electron chi connectivity index (χ2n) is 4.02. The summed E-state index contributed by atoms with van der Waals surface area (Å²) in [6.07, 6.45) is 1.11. The van der Waals surface area contributed by atoms with Gasteiger partial charge >= 0.3 is 5.97 Å². The molecule has 0 saturated heterocycles. The molecule has 1 aromatic carbocycles. The average molecular weight is 346 g/mol. The topological polar surface area (TPSA) is 38.3 Å². The number of esters is 1. The van der Waals surface area contributed by atoms with E-state index in [1.807, 2.05) is 19.1 Å². The third-order valence-corrected chi connectivity index (χ3v) is 3.99. The summed E-state index contributed by atoms with van der Waals surface area (Å²) in [5.41, 5.74) is 1.21. The van der Waals surface area contributed by atoms with Gasteiger partial charge in [-0.3, -0.25) is 4.79 Å². The van der Waals surface area contributed by atoms with Crippen LogP contribution in [0.3, 0.4) is 0 Å². The minimum atomic E-state index is -0.167. The first-order valence-electron chi connectivity index (χ1n) is 6.45. The summed E-state index contributed by atoms with van der Waals surface area (Å²) in [7, 11) is 0. The Morgan fingerprint density at radius 1 is 1.42 bits per heavy atom. The highest BCUT2D eigenvalue weighted by molar-refractivity contribution is 9.10. The minimum absolute atomic E-state index is 0.167. The molecule has 0 fully saturated rings. The van der Waals surface area contributed by atoms with Crippen molar-refractivity contribution in [2.75, 3.05) is 18.9 Å². The Balaban J connectivity index is 2.62. The maximum absolute atomic E-state index is 11.4. The molecule has 1 aromatic rings. The molecule has 0 unspecified atom stereocenters. The van der Waals surface area contributed by atoms with Gasteiger partial charge in [0.2, 0.25) is 0 Å². The van der Waals surface area contributed by atoms with Crippen LogP contribution in [0.5, 0.6) is 0 Å². The Morgan fingerprint density at radius 3 is 2.89 bits per heavy atom. The Hall–Kier alpha value is -0.520. The van der Waals surface area contributed by atoms with Gasteiger partial charge in [0.05, 0.1) is 12.4 Å². The van der Waals surface area contributed by atoms with E-state index in [1.54, 1.807) is 0 Å². The molecule has 0 bridgehead atoms. The van der Waals surface area contributed by atoms with Gasteiger partial charge < -0.3 is 10.1 Å². The van der Waals surface area contributed by atoms with Crippen molar-refractivity contribution in [2.45, 2.75) is 31.7 Å². The first-order chi connectivity index (χ1) is 9.17. The first-order valence-corrected chi connectivity index (χ1v) is 8.22. The molecule has 0 atom stereocenters. The molecule has 0 aromatic heterocycles. The average Bonchev–Trinajstić information content (AvgIpc) is 2.39. The highest BCUT2D eigenvalue weighted by Gasteiger charge is 2.08. The normalized spacial score (nSPS) is 10.5. The Labute approximate surface area is 127 Å². The molecule has 3 nitrogen and oxygen atoms in total. The third-order valence-electron chi connectivity index (χ3n) is 2.42. The molecule has 19 heavy (non-hydrogen) atoms. The van der Waals surface area contributed by atoms with E-state index >= 15 is 0 Å². The standard InChI is InChI=1S/C14H20BrNO2S/c1-3-7-16-9-11-5-6-12(15)8-13(11)19-10-14(17)18-4-2/h5-6,8,16H,3-4,7,9-10H2,1-2H3. The summed E-state index contributed by atoms with van der Waals surface area (Å²) in [5, 5.41) is 3.38. The molecule has 1 N–H and O–H groups in total. The molecule has 1 rings (SSSR count). The highest BCUT2D eigenvalue weighted by Crippen LogP contribution is 2.26. The summed E-state index contributed by atoms with van der Waals surface area (Å²) in [5.74, 6) is 0.186. The van der Waals surface area contributed by atoms with Crippen molar-refractivity contribution in [3.63, 3.8) is 0 Å². The number of benzene rings is 1. The number of hydrogen-bond donors (Lipinski definition) is 1. The van der Waals surface area contributed by atoms with Crippen LogP contribution in [0, 0.1) is 0 Å². The van der Waals surface area contributed by atoms with E-state index in [4.69, 9.17) is 4.74 Å². The zero-order valence-electron chi connectivity index (χ0n) is 11.4. The minimum Gasteiger partial charge on any atom is -0.465 e. The van der Waals surface area contributed by atoms with Crippen LogP contribution in [-0.4, -0.2) is 24.9 Å². The van der Waals surface area contributed by atoms with Crippen LogP contribution in [-0.2, 0) is 16.1 Å². The van der Waals surface area contributed by atoms with Gasteiger partial charge in [-0.2, -0.15) is 0 Å². The van der Waals surface area contributed by atoms with Crippen LogP contribution < -0.4 is 5.32 Å². The van der Waals surface area contributed by atoms with E-state index in [1.165, 1.54) is 17.3 Å². The van der Waals surface area contributed by atoms with Crippen molar-refractivity contribution in [1.29, 1.82) is 0 Å². The van der Waals surface area contributed by atoms with Gasteiger partial charge in [-0.15, -0.1) is 11.8 Å². The highest BCUT2D eigenvalue weighted by atomic mass is 79.9. The van der Waals surface area contributed by atoms with Crippen LogP contribution in [0.1, 0.15) is 25.8 Å². The zero-order chi connectivity index (χ0) is 14.1. The van der Waals surface area contributed by atoms with Crippen LogP contribution >= 0.6 is 27.7 Å². The molecule has 0 spiro atoms. The van der Waals surface area contributed by atoms with Crippen molar-refractivity contribution >= 4 is 33.7 Å². The van der Waals surface area contributed by atoms with E-state index < -0.39 is 0 Å². The molecule has 5 heteroatoms. The number of carbonyl (C=O) groups is 1. The molecule has 0 heterocycles. The third kappa shape index (κ3) is 6.45. The van der Waals surface area contributed by atoms with Crippen molar-refractivity contribution in [3.8, 4) is 0 Å². The largest absolute Gasteiger partial charge is 0.465 e. The van der Waals surface area contributed by atoms with E-state index in [9.17, 15) is 4.79 Å². The van der Waals surface area contributed by atoms with Crippen molar-refractivity contribution < 1.29 is 9.53 Å². The molecular formula is C14H20BrNO2S. The molecule has 0 aliphatic rings. The summed E-state index contributed by atoms with van der Waals surface area (Å²) in [6.45, 7) is 6.22.